The van der Waals surface area contributed by atoms with E-state index in [0.29, 0.717) is 58.1 Å². The average Bonchev–Trinajstić information content (AvgIpc) is 3.35. The van der Waals surface area contributed by atoms with Crippen molar-refractivity contribution in [2.45, 2.75) is 26.3 Å². The number of ether oxygens (including phenoxy) is 2. The lowest BCUT2D eigenvalue weighted by molar-refractivity contribution is 0.0764. The van der Waals surface area contributed by atoms with Crippen molar-refractivity contribution in [1.29, 1.82) is 0 Å². The predicted molar refractivity (Wildman–Crippen MR) is 132 cm³/mol. The highest BCUT2D eigenvalue weighted by molar-refractivity contribution is 6.31. The molecule has 0 saturated carbocycles. The van der Waals surface area contributed by atoms with E-state index in [0.717, 1.165) is 12.0 Å². The van der Waals surface area contributed by atoms with Crippen LogP contribution in [0.2, 0.25) is 5.02 Å². The molecule has 0 spiro atoms. The molecule has 34 heavy (non-hydrogen) atoms. The third-order valence-corrected chi connectivity index (χ3v) is 6.09. The molecule has 4 rings (SSSR count). The number of aromatic nitrogens is 2. The number of benzene rings is 2. The van der Waals surface area contributed by atoms with Crippen molar-refractivity contribution in [3.8, 4) is 28.5 Å². The first kappa shape index (κ1) is 23.7. The molecular formula is C26H28ClN3O4. The molecule has 2 aromatic carbocycles. The average molecular weight is 482 g/mol. The summed E-state index contributed by atoms with van der Waals surface area (Å²) in [6, 6.07) is 9.94. The summed E-state index contributed by atoms with van der Waals surface area (Å²) in [5.41, 5.74) is 2.78. The van der Waals surface area contributed by atoms with Gasteiger partial charge >= 0.3 is 0 Å². The monoisotopic (exact) mass is 481 g/mol. The van der Waals surface area contributed by atoms with Gasteiger partial charge in [0.05, 0.1) is 19.8 Å². The van der Waals surface area contributed by atoms with E-state index in [1.807, 2.05) is 18.2 Å². The number of hydrogen-bond donors (Lipinski definition) is 2. The van der Waals surface area contributed by atoms with Crippen molar-refractivity contribution in [2.75, 3.05) is 20.3 Å². The summed E-state index contributed by atoms with van der Waals surface area (Å²) >= 11 is 6.19. The zero-order valence-corrected chi connectivity index (χ0v) is 20.2. The Labute approximate surface area is 204 Å². The molecule has 0 fully saturated rings. The van der Waals surface area contributed by atoms with Crippen LogP contribution in [0.15, 0.2) is 49.1 Å². The van der Waals surface area contributed by atoms with Gasteiger partial charge in [0.15, 0.2) is 11.5 Å². The number of nitrogens with one attached hydrogen (secondary N) is 1. The minimum absolute atomic E-state index is 0.0264. The molecule has 1 unspecified atom stereocenters. The highest BCUT2D eigenvalue weighted by atomic mass is 35.5. The number of halogens is 1. The Kier molecular flexibility index (Phi) is 6.84. The standard InChI is InChI=1S/C26H28ClN3O4/c1-5-11-30-25(16-6-9-20(21(13-16)33-4)34-12-10-15(2)3)22-23(28-29-24(22)26(30)32)18-14-17(27)7-8-19(18)31/h5-9,13-15,25,31H,1,10-12H2,2-4H3,(H,28,29). The molecule has 1 aliphatic rings. The number of aromatic hydroxyl groups is 1. The Morgan fingerprint density at radius 2 is 2.06 bits per heavy atom. The maximum absolute atomic E-state index is 13.3. The van der Waals surface area contributed by atoms with Crippen LogP contribution in [0.5, 0.6) is 17.2 Å². The number of rotatable bonds is 9. The predicted octanol–water partition coefficient (Wildman–Crippen LogP) is 5.60. The van der Waals surface area contributed by atoms with Gasteiger partial charge in [-0.3, -0.25) is 9.89 Å². The minimum Gasteiger partial charge on any atom is -0.507 e. The number of methoxy groups -OCH3 is 1. The molecule has 0 bridgehead atoms. The SMILES string of the molecule is C=CCN1C(=O)c2[nH]nc(-c3cc(Cl)ccc3O)c2C1c1ccc(OCCC(C)C)c(OC)c1. The van der Waals surface area contributed by atoms with Crippen molar-refractivity contribution in [2.24, 2.45) is 5.92 Å². The number of aromatic amines is 1. The van der Waals surface area contributed by atoms with E-state index in [2.05, 4.69) is 30.6 Å². The molecule has 1 amide bonds. The number of amides is 1. The number of phenols is 1. The van der Waals surface area contributed by atoms with Crippen LogP contribution in [-0.4, -0.2) is 46.4 Å². The number of nitrogens with zero attached hydrogens (tertiary/aromatic N) is 2. The van der Waals surface area contributed by atoms with Gasteiger partial charge in [-0.15, -0.1) is 6.58 Å². The van der Waals surface area contributed by atoms with E-state index in [1.54, 1.807) is 30.2 Å². The maximum Gasteiger partial charge on any atom is 0.273 e. The van der Waals surface area contributed by atoms with E-state index in [4.69, 9.17) is 21.1 Å². The third kappa shape index (κ3) is 4.35. The Morgan fingerprint density at radius 1 is 1.26 bits per heavy atom. The number of carbonyl (C=O) groups excluding carboxylic acids is 1. The Balaban J connectivity index is 1.80. The van der Waals surface area contributed by atoms with Gasteiger partial charge in [-0.25, -0.2) is 0 Å². The van der Waals surface area contributed by atoms with Crippen LogP contribution in [0.25, 0.3) is 11.3 Å². The number of fused-ring (bicyclic) bond motifs is 1. The van der Waals surface area contributed by atoms with Crippen molar-refractivity contribution in [3.63, 3.8) is 0 Å². The van der Waals surface area contributed by atoms with Gasteiger partial charge in [-0.1, -0.05) is 37.6 Å². The first-order valence-electron chi connectivity index (χ1n) is 11.1. The summed E-state index contributed by atoms with van der Waals surface area (Å²) in [5, 5.41) is 18.2. The molecular weight excluding hydrogens is 454 g/mol. The maximum atomic E-state index is 13.3. The molecule has 0 aliphatic carbocycles. The van der Waals surface area contributed by atoms with E-state index in [1.165, 1.54) is 6.07 Å². The highest BCUT2D eigenvalue weighted by Gasteiger charge is 2.42. The van der Waals surface area contributed by atoms with Gasteiger partial charge in [0, 0.05) is 22.7 Å². The normalized spacial score (nSPS) is 15.0. The zero-order chi connectivity index (χ0) is 24.4. The van der Waals surface area contributed by atoms with Gasteiger partial charge in [-0.05, 0) is 48.2 Å². The van der Waals surface area contributed by atoms with Crippen molar-refractivity contribution in [1.82, 2.24) is 15.1 Å². The van der Waals surface area contributed by atoms with Crippen LogP contribution < -0.4 is 9.47 Å². The van der Waals surface area contributed by atoms with E-state index < -0.39 is 6.04 Å². The summed E-state index contributed by atoms with van der Waals surface area (Å²) in [5.74, 6) is 1.58. The van der Waals surface area contributed by atoms with Crippen molar-refractivity contribution < 1.29 is 19.4 Å². The second-order valence-corrected chi connectivity index (χ2v) is 9.05. The van der Waals surface area contributed by atoms with Crippen LogP contribution in [0, 0.1) is 5.92 Å². The molecule has 3 aromatic rings. The first-order chi connectivity index (χ1) is 16.3. The largest absolute Gasteiger partial charge is 0.507 e. The molecule has 2 heterocycles. The van der Waals surface area contributed by atoms with Crippen molar-refractivity contribution >= 4 is 17.5 Å². The smallest absolute Gasteiger partial charge is 0.273 e. The highest BCUT2D eigenvalue weighted by Crippen LogP contribution is 2.46. The minimum atomic E-state index is -0.466. The molecule has 1 atom stereocenters. The Hall–Kier alpha value is -3.45. The summed E-state index contributed by atoms with van der Waals surface area (Å²) in [4.78, 5) is 15.0. The van der Waals surface area contributed by atoms with Crippen LogP contribution >= 0.6 is 11.6 Å². The van der Waals surface area contributed by atoms with Crippen molar-refractivity contribution in [3.05, 3.63) is 70.9 Å². The zero-order valence-electron chi connectivity index (χ0n) is 19.5. The molecule has 0 radical (unpaired) electrons. The second-order valence-electron chi connectivity index (χ2n) is 8.61. The number of carbonyl (C=O) groups is 1. The number of hydrogen-bond acceptors (Lipinski definition) is 5. The molecule has 1 aliphatic heterocycles. The van der Waals surface area contributed by atoms with E-state index in [9.17, 15) is 9.90 Å². The van der Waals surface area contributed by atoms with Crippen LogP contribution in [0.4, 0.5) is 0 Å². The summed E-state index contributed by atoms with van der Waals surface area (Å²) < 4.78 is 11.6. The Morgan fingerprint density at radius 3 is 2.76 bits per heavy atom. The number of phenolic OH excluding ortho intramolecular Hbond substituents is 1. The first-order valence-corrected chi connectivity index (χ1v) is 11.5. The van der Waals surface area contributed by atoms with Gasteiger partial charge in [0.25, 0.3) is 5.91 Å². The fraction of sp³-hybridized carbons (Fsp3) is 0.308. The second kappa shape index (κ2) is 9.81. The Bertz CT molecular complexity index is 1220. The molecule has 178 valence electrons. The molecule has 2 N–H and O–H groups in total. The van der Waals surface area contributed by atoms with Gasteiger partial charge in [0.1, 0.15) is 17.1 Å². The fourth-order valence-electron chi connectivity index (χ4n) is 4.15. The lowest BCUT2D eigenvalue weighted by atomic mass is 9.95. The van der Waals surface area contributed by atoms with Crippen LogP contribution in [-0.2, 0) is 0 Å². The molecule has 1 aromatic heterocycles. The molecule has 0 saturated heterocycles. The number of H-pyrrole nitrogens is 1. The quantitative estimate of drug-likeness (QED) is 0.388. The van der Waals surface area contributed by atoms with Gasteiger partial charge in [-0.2, -0.15) is 5.10 Å². The van der Waals surface area contributed by atoms with Gasteiger partial charge < -0.3 is 19.5 Å². The van der Waals surface area contributed by atoms with E-state index in [-0.39, 0.29) is 11.7 Å². The summed E-state index contributed by atoms with van der Waals surface area (Å²) in [6.45, 7) is 9.03. The van der Waals surface area contributed by atoms with Gasteiger partial charge in [0.2, 0.25) is 0 Å². The van der Waals surface area contributed by atoms with E-state index >= 15 is 0 Å². The molecule has 8 heteroatoms. The molecule has 7 nitrogen and oxygen atoms in total. The summed E-state index contributed by atoms with van der Waals surface area (Å²) in [6.07, 6.45) is 2.61. The topological polar surface area (TPSA) is 87.7 Å². The fourth-order valence-corrected chi connectivity index (χ4v) is 4.32. The summed E-state index contributed by atoms with van der Waals surface area (Å²) in [7, 11) is 1.59. The lowest BCUT2D eigenvalue weighted by Gasteiger charge is -2.26. The third-order valence-electron chi connectivity index (χ3n) is 5.86. The van der Waals surface area contributed by atoms with Crippen LogP contribution in [0.3, 0.4) is 0 Å². The van der Waals surface area contributed by atoms with Crippen LogP contribution in [0.1, 0.15) is 47.9 Å². The lowest BCUT2D eigenvalue weighted by Crippen LogP contribution is -2.29.